The minimum atomic E-state index is 0.405. The Bertz CT molecular complexity index is 219. The first-order valence-corrected chi connectivity index (χ1v) is 5.07. The van der Waals surface area contributed by atoms with E-state index in [1.54, 1.807) is 24.2 Å². The van der Waals surface area contributed by atoms with Crippen molar-refractivity contribution in [1.29, 1.82) is 0 Å². The third-order valence-electron chi connectivity index (χ3n) is 1.83. The van der Waals surface area contributed by atoms with E-state index in [1.165, 1.54) is 12.8 Å². The van der Waals surface area contributed by atoms with E-state index in [0.717, 1.165) is 17.6 Å². The van der Waals surface area contributed by atoms with Crippen LogP contribution in [0.5, 0.6) is 0 Å². The minimum Gasteiger partial charge on any atom is -0.440 e. The number of aromatic nitrogens is 1. The smallest absolute Gasteiger partial charge is 0.255 e. The van der Waals surface area contributed by atoms with Crippen molar-refractivity contribution < 1.29 is 9.15 Å². The van der Waals surface area contributed by atoms with E-state index in [-0.39, 0.29) is 0 Å². The minimum absolute atomic E-state index is 0.405. The number of nitrogens with zero attached hydrogens (tertiary/aromatic N) is 1. The zero-order chi connectivity index (χ0) is 8.23. The highest BCUT2D eigenvalue weighted by atomic mass is 32.2. The monoisotopic (exact) mass is 185 g/mol. The lowest BCUT2D eigenvalue weighted by molar-refractivity contribution is 0.128. The Morgan fingerprint density at radius 2 is 2.67 bits per heavy atom. The Kier molecular flexibility index (Phi) is 2.68. The van der Waals surface area contributed by atoms with Gasteiger partial charge in [-0.2, -0.15) is 0 Å². The molecule has 2 heterocycles. The summed E-state index contributed by atoms with van der Waals surface area (Å²) in [5.41, 5.74) is 0. The van der Waals surface area contributed by atoms with Crippen molar-refractivity contribution in [2.75, 3.05) is 12.4 Å². The van der Waals surface area contributed by atoms with Gasteiger partial charge in [0.05, 0.1) is 12.3 Å². The molecule has 1 saturated heterocycles. The highest BCUT2D eigenvalue weighted by Crippen LogP contribution is 2.21. The van der Waals surface area contributed by atoms with E-state index < -0.39 is 0 Å². The van der Waals surface area contributed by atoms with E-state index in [2.05, 4.69) is 4.98 Å². The number of rotatable bonds is 3. The summed E-state index contributed by atoms with van der Waals surface area (Å²) in [6.45, 7) is 0.914. The number of hydrogen-bond acceptors (Lipinski definition) is 4. The molecule has 0 aliphatic carbocycles. The Balaban J connectivity index is 1.74. The van der Waals surface area contributed by atoms with Crippen LogP contribution in [0.25, 0.3) is 0 Å². The molecule has 2 rings (SSSR count). The van der Waals surface area contributed by atoms with Gasteiger partial charge in [0.15, 0.2) is 0 Å². The quantitative estimate of drug-likeness (QED) is 0.674. The van der Waals surface area contributed by atoms with Crippen LogP contribution in [0.3, 0.4) is 0 Å². The molecule has 0 spiro atoms. The van der Waals surface area contributed by atoms with Crippen molar-refractivity contribution in [2.24, 2.45) is 0 Å². The van der Waals surface area contributed by atoms with Gasteiger partial charge in [-0.25, -0.2) is 4.98 Å². The maximum absolute atomic E-state index is 5.46. The number of oxazole rings is 1. The van der Waals surface area contributed by atoms with Crippen LogP contribution in [-0.4, -0.2) is 23.4 Å². The average Bonchev–Trinajstić information content (AvgIpc) is 2.74. The lowest BCUT2D eigenvalue weighted by Gasteiger charge is -2.05. The van der Waals surface area contributed by atoms with Crippen LogP contribution in [0.2, 0.25) is 0 Å². The summed E-state index contributed by atoms with van der Waals surface area (Å²) in [6, 6.07) is 0. The molecular formula is C8H11NO2S. The Hall–Kier alpha value is -0.480. The highest BCUT2D eigenvalue weighted by molar-refractivity contribution is 7.99. The topological polar surface area (TPSA) is 35.3 Å². The molecule has 0 aromatic carbocycles. The van der Waals surface area contributed by atoms with Crippen LogP contribution < -0.4 is 0 Å². The number of ether oxygens (including phenoxy) is 1. The molecule has 1 aromatic rings. The highest BCUT2D eigenvalue weighted by Gasteiger charge is 2.16. The van der Waals surface area contributed by atoms with Gasteiger partial charge in [-0.1, -0.05) is 11.8 Å². The summed E-state index contributed by atoms with van der Waals surface area (Å²) >= 11 is 1.62. The second-order valence-electron chi connectivity index (χ2n) is 2.74. The van der Waals surface area contributed by atoms with Gasteiger partial charge in [0.25, 0.3) is 5.22 Å². The van der Waals surface area contributed by atoms with Crippen LogP contribution in [0.4, 0.5) is 0 Å². The number of hydrogen-bond donors (Lipinski definition) is 0. The van der Waals surface area contributed by atoms with Crippen molar-refractivity contribution in [1.82, 2.24) is 4.98 Å². The van der Waals surface area contributed by atoms with E-state index in [9.17, 15) is 0 Å². The van der Waals surface area contributed by atoms with E-state index in [4.69, 9.17) is 9.15 Å². The molecule has 0 radical (unpaired) electrons. The van der Waals surface area contributed by atoms with E-state index in [0.29, 0.717) is 6.10 Å². The fraction of sp³-hybridized carbons (Fsp3) is 0.625. The molecule has 4 heteroatoms. The summed E-state index contributed by atoms with van der Waals surface area (Å²) in [6.07, 6.45) is 6.03. The molecule has 1 aliphatic heterocycles. The summed E-state index contributed by atoms with van der Waals surface area (Å²) in [4.78, 5) is 4.02. The Labute approximate surface area is 75.5 Å². The van der Waals surface area contributed by atoms with Crippen LogP contribution in [0, 0.1) is 0 Å². The van der Waals surface area contributed by atoms with E-state index >= 15 is 0 Å². The third kappa shape index (κ3) is 2.01. The lowest BCUT2D eigenvalue weighted by atomic mass is 10.3. The van der Waals surface area contributed by atoms with Crippen LogP contribution in [-0.2, 0) is 4.74 Å². The average molecular weight is 185 g/mol. The van der Waals surface area contributed by atoms with Crippen molar-refractivity contribution >= 4 is 11.8 Å². The summed E-state index contributed by atoms with van der Waals surface area (Å²) in [7, 11) is 0. The fourth-order valence-corrected chi connectivity index (χ4v) is 2.07. The second kappa shape index (κ2) is 3.96. The van der Waals surface area contributed by atoms with Gasteiger partial charge in [0.2, 0.25) is 0 Å². The van der Waals surface area contributed by atoms with Crippen molar-refractivity contribution in [3.8, 4) is 0 Å². The largest absolute Gasteiger partial charge is 0.440 e. The zero-order valence-corrected chi connectivity index (χ0v) is 7.55. The molecule has 0 N–H and O–H groups in total. The summed E-state index contributed by atoms with van der Waals surface area (Å²) in [5.74, 6) is 0.959. The van der Waals surface area contributed by atoms with Crippen molar-refractivity contribution in [3.63, 3.8) is 0 Å². The molecule has 1 fully saturated rings. The zero-order valence-electron chi connectivity index (χ0n) is 6.73. The molecule has 0 saturated carbocycles. The van der Waals surface area contributed by atoms with Gasteiger partial charge in [0.1, 0.15) is 6.26 Å². The lowest BCUT2D eigenvalue weighted by Crippen LogP contribution is -2.07. The van der Waals surface area contributed by atoms with Crippen molar-refractivity contribution in [3.05, 3.63) is 12.5 Å². The van der Waals surface area contributed by atoms with Crippen LogP contribution >= 0.6 is 11.8 Å². The SMILES string of the molecule is c1coc(SC[C@H]2CCCO2)n1. The molecule has 1 atom stereocenters. The molecule has 66 valence electrons. The Morgan fingerprint density at radius 1 is 1.67 bits per heavy atom. The predicted molar refractivity (Wildman–Crippen MR) is 46.2 cm³/mol. The normalized spacial score (nSPS) is 23.2. The van der Waals surface area contributed by atoms with E-state index in [1.807, 2.05) is 0 Å². The second-order valence-corrected chi connectivity index (χ2v) is 3.72. The van der Waals surface area contributed by atoms with Gasteiger partial charge in [-0.05, 0) is 12.8 Å². The summed E-state index contributed by atoms with van der Waals surface area (Å²) in [5, 5.41) is 0.741. The van der Waals surface area contributed by atoms with Gasteiger partial charge < -0.3 is 9.15 Å². The molecule has 1 aromatic heterocycles. The third-order valence-corrected chi connectivity index (χ3v) is 2.81. The molecule has 0 unspecified atom stereocenters. The van der Waals surface area contributed by atoms with Gasteiger partial charge in [-0.15, -0.1) is 0 Å². The fourth-order valence-electron chi connectivity index (χ4n) is 1.22. The molecule has 0 bridgehead atoms. The number of thioether (sulfide) groups is 1. The predicted octanol–water partition coefficient (Wildman–Crippen LogP) is 1.95. The first kappa shape index (κ1) is 8.13. The molecule has 3 nitrogen and oxygen atoms in total. The van der Waals surface area contributed by atoms with Crippen LogP contribution in [0.1, 0.15) is 12.8 Å². The van der Waals surface area contributed by atoms with Crippen LogP contribution in [0.15, 0.2) is 22.1 Å². The van der Waals surface area contributed by atoms with Crippen molar-refractivity contribution in [2.45, 2.75) is 24.2 Å². The first-order valence-electron chi connectivity index (χ1n) is 4.09. The molecule has 1 aliphatic rings. The first-order chi connectivity index (χ1) is 5.95. The molecule has 12 heavy (non-hydrogen) atoms. The van der Waals surface area contributed by atoms with Gasteiger partial charge >= 0.3 is 0 Å². The standard InChI is InChI=1S/C8H11NO2S/c1-2-7(10-4-1)6-12-8-9-3-5-11-8/h3,5,7H,1-2,4,6H2/t7-/m1/s1. The van der Waals surface area contributed by atoms with Gasteiger partial charge in [0, 0.05) is 12.4 Å². The molecule has 0 amide bonds. The summed E-state index contributed by atoms with van der Waals surface area (Å²) < 4.78 is 10.6. The molecular weight excluding hydrogens is 174 g/mol. The maximum Gasteiger partial charge on any atom is 0.255 e. The maximum atomic E-state index is 5.46. The Morgan fingerprint density at radius 3 is 3.33 bits per heavy atom. The van der Waals surface area contributed by atoms with Gasteiger partial charge in [-0.3, -0.25) is 0 Å².